The van der Waals surface area contributed by atoms with Gasteiger partial charge in [0.05, 0.1) is 12.5 Å². The second kappa shape index (κ2) is 10.8. The van der Waals surface area contributed by atoms with Crippen LogP contribution in [0.4, 0.5) is 0 Å². The number of methoxy groups -OCH3 is 1. The average Bonchev–Trinajstić information content (AvgIpc) is 2.79. The number of hydrogen-bond acceptors (Lipinski definition) is 4. The second-order valence-electron chi connectivity index (χ2n) is 8.69. The van der Waals surface area contributed by atoms with Gasteiger partial charge in [-0.05, 0) is 80.1 Å². The molecule has 2 aromatic carbocycles. The number of amides is 2. The largest absolute Gasteiger partial charge is 0.496 e. The van der Waals surface area contributed by atoms with Crippen LogP contribution < -0.4 is 15.8 Å². The maximum absolute atomic E-state index is 12.5. The van der Waals surface area contributed by atoms with Crippen molar-refractivity contribution >= 4 is 24.2 Å². The Kier molecular flexibility index (Phi) is 8.70. The summed E-state index contributed by atoms with van der Waals surface area (Å²) in [5, 5.41) is 3.31. The fourth-order valence-electron chi connectivity index (χ4n) is 4.49. The molecule has 174 valence electrons. The van der Waals surface area contributed by atoms with Gasteiger partial charge in [-0.15, -0.1) is 12.4 Å². The number of primary amides is 1. The van der Waals surface area contributed by atoms with Gasteiger partial charge < -0.3 is 20.7 Å². The van der Waals surface area contributed by atoms with Gasteiger partial charge in [-0.2, -0.15) is 0 Å². The molecular formula is C25H34ClN3O3. The molecule has 1 saturated carbocycles. The van der Waals surface area contributed by atoms with Crippen molar-refractivity contribution in [3.63, 3.8) is 0 Å². The number of ether oxygens (including phenoxy) is 1. The van der Waals surface area contributed by atoms with Crippen molar-refractivity contribution in [2.75, 3.05) is 28.3 Å². The van der Waals surface area contributed by atoms with E-state index in [9.17, 15) is 9.59 Å². The molecule has 2 aromatic rings. The van der Waals surface area contributed by atoms with Crippen LogP contribution >= 0.6 is 12.4 Å². The third kappa shape index (κ3) is 5.43. The molecule has 3 rings (SSSR count). The minimum absolute atomic E-state index is 0. The van der Waals surface area contributed by atoms with Gasteiger partial charge in [-0.25, -0.2) is 0 Å². The topological polar surface area (TPSA) is 84.7 Å². The Morgan fingerprint density at radius 3 is 2.19 bits per heavy atom. The van der Waals surface area contributed by atoms with Crippen LogP contribution in [0.15, 0.2) is 42.5 Å². The normalized spacial score (nSPS) is 20.2. The van der Waals surface area contributed by atoms with Gasteiger partial charge in [-0.3, -0.25) is 9.59 Å². The van der Waals surface area contributed by atoms with E-state index in [2.05, 4.69) is 11.4 Å². The fourth-order valence-corrected chi connectivity index (χ4v) is 4.49. The smallest absolute Gasteiger partial charge is 0.253 e. The van der Waals surface area contributed by atoms with Gasteiger partial charge in [0.15, 0.2) is 0 Å². The van der Waals surface area contributed by atoms with Crippen LogP contribution in [0.1, 0.15) is 41.6 Å². The van der Waals surface area contributed by atoms with E-state index < -0.39 is 5.41 Å². The van der Waals surface area contributed by atoms with Crippen LogP contribution in [-0.4, -0.2) is 51.0 Å². The van der Waals surface area contributed by atoms with Gasteiger partial charge in [-0.1, -0.05) is 18.2 Å². The third-order valence-electron chi connectivity index (χ3n) is 6.55. The highest BCUT2D eigenvalue weighted by atomic mass is 35.5. The number of hydrogen-bond donors (Lipinski definition) is 2. The Bertz CT molecular complexity index is 936. The van der Waals surface area contributed by atoms with Crippen LogP contribution in [0.5, 0.6) is 5.75 Å². The average molecular weight is 460 g/mol. The lowest BCUT2D eigenvalue weighted by atomic mass is 9.68. The van der Waals surface area contributed by atoms with Crippen LogP contribution in [0.2, 0.25) is 0 Å². The molecule has 0 aromatic heterocycles. The second-order valence-corrected chi connectivity index (χ2v) is 8.69. The van der Waals surface area contributed by atoms with Gasteiger partial charge in [0, 0.05) is 25.7 Å². The number of halogens is 1. The lowest BCUT2D eigenvalue weighted by Crippen LogP contribution is -2.45. The van der Waals surface area contributed by atoms with Crippen LogP contribution in [-0.2, 0) is 11.2 Å². The Morgan fingerprint density at radius 2 is 1.69 bits per heavy atom. The Hall–Kier alpha value is -2.57. The number of rotatable bonds is 7. The number of nitrogens with one attached hydrogen (secondary N) is 1. The first-order chi connectivity index (χ1) is 14.8. The molecule has 0 unspecified atom stereocenters. The molecule has 2 amide bonds. The number of carbonyl (C=O) groups excluding carboxylic acids is 2. The number of benzene rings is 2. The quantitative estimate of drug-likeness (QED) is 0.661. The highest BCUT2D eigenvalue weighted by Crippen LogP contribution is 2.41. The van der Waals surface area contributed by atoms with Crippen molar-refractivity contribution in [3.05, 3.63) is 53.6 Å². The van der Waals surface area contributed by atoms with E-state index in [1.165, 1.54) is 0 Å². The zero-order chi connectivity index (χ0) is 22.6. The first-order valence-corrected chi connectivity index (χ1v) is 10.8. The molecule has 0 heterocycles. The van der Waals surface area contributed by atoms with Crippen LogP contribution in [0.25, 0.3) is 11.1 Å². The molecule has 0 aliphatic heterocycles. The summed E-state index contributed by atoms with van der Waals surface area (Å²) < 4.78 is 5.61. The van der Waals surface area contributed by atoms with Gasteiger partial charge in [0.25, 0.3) is 5.91 Å². The zero-order valence-electron chi connectivity index (χ0n) is 19.3. The maximum atomic E-state index is 12.5. The van der Waals surface area contributed by atoms with E-state index in [0.29, 0.717) is 18.0 Å². The fraction of sp³-hybridized carbons (Fsp3) is 0.440. The molecule has 0 spiro atoms. The summed E-state index contributed by atoms with van der Waals surface area (Å²) in [6, 6.07) is 14.0. The van der Waals surface area contributed by atoms with Gasteiger partial charge >= 0.3 is 0 Å². The minimum Gasteiger partial charge on any atom is -0.496 e. The summed E-state index contributed by atoms with van der Waals surface area (Å²) in [7, 11) is 7.09. The molecule has 3 N–H and O–H groups in total. The summed E-state index contributed by atoms with van der Waals surface area (Å²) in [5.41, 5.74) is 9.01. The van der Waals surface area contributed by atoms with E-state index >= 15 is 0 Å². The molecule has 1 aliphatic rings. The van der Waals surface area contributed by atoms with Gasteiger partial charge in [0.2, 0.25) is 5.91 Å². The lowest BCUT2D eigenvalue weighted by Gasteiger charge is -2.38. The molecule has 0 atom stereocenters. The number of nitrogens with two attached hydrogens (primary N) is 1. The first kappa shape index (κ1) is 25.7. The van der Waals surface area contributed by atoms with Crippen molar-refractivity contribution < 1.29 is 14.3 Å². The summed E-state index contributed by atoms with van der Waals surface area (Å²) in [5.74, 6) is 0.503. The van der Waals surface area contributed by atoms with E-state index in [1.54, 1.807) is 26.1 Å². The van der Waals surface area contributed by atoms with E-state index in [-0.39, 0.29) is 24.2 Å². The van der Waals surface area contributed by atoms with Crippen molar-refractivity contribution in [3.8, 4) is 16.9 Å². The molecule has 1 aliphatic carbocycles. The summed E-state index contributed by atoms with van der Waals surface area (Å²) in [6.45, 7) is 0. The predicted octanol–water partition coefficient (Wildman–Crippen LogP) is 3.66. The standard InChI is InChI=1S/C25H33N3O3.ClH/c1-27-21-11-13-25(14-12-21,24(26)30)16-20-15-19(9-10-22(20)31-4)17-5-7-18(8-6-17)23(29)28(2)3;/h5-10,15,21,27H,11-14,16H2,1-4H3,(H2,26,30);1H. The van der Waals surface area contributed by atoms with E-state index in [0.717, 1.165) is 48.1 Å². The molecular weight excluding hydrogens is 426 g/mol. The van der Waals surface area contributed by atoms with Crippen molar-refractivity contribution in [1.82, 2.24) is 10.2 Å². The highest BCUT2D eigenvalue weighted by molar-refractivity contribution is 5.94. The molecule has 0 radical (unpaired) electrons. The van der Waals surface area contributed by atoms with Crippen LogP contribution in [0.3, 0.4) is 0 Å². The number of carbonyl (C=O) groups is 2. The molecule has 0 saturated heterocycles. The zero-order valence-corrected chi connectivity index (χ0v) is 20.1. The summed E-state index contributed by atoms with van der Waals surface area (Å²) in [4.78, 5) is 26.2. The predicted molar refractivity (Wildman–Crippen MR) is 130 cm³/mol. The SMILES string of the molecule is CNC1CCC(Cc2cc(-c3ccc(C(=O)N(C)C)cc3)ccc2OC)(C(N)=O)CC1.Cl. The monoisotopic (exact) mass is 459 g/mol. The van der Waals surface area contributed by atoms with Gasteiger partial charge in [0.1, 0.15) is 5.75 Å². The van der Waals surface area contributed by atoms with E-state index in [4.69, 9.17) is 10.5 Å². The highest BCUT2D eigenvalue weighted by Gasteiger charge is 2.40. The first-order valence-electron chi connectivity index (χ1n) is 10.8. The Balaban J connectivity index is 0.00000363. The molecule has 6 nitrogen and oxygen atoms in total. The minimum atomic E-state index is -0.554. The summed E-state index contributed by atoms with van der Waals surface area (Å²) >= 11 is 0. The number of nitrogens with zero attached hydrogens (tertiary/aromatic N) is 1. The Labute approximate surface area is 196 Å². The molecule has 0 bridgehead atoms. The third-order valence-corrected chi connectivity index (χ3v) is 6.55. The van der Waals surface area contributed by atoms with Crippen LogP contribution in [0, 0.1) is 5.41 Å². The molecule has 7 heteroatoms. The van der Waals surface area contributed by atoms with Crippen molar-refractivity contribution in [2.45, 2.75) is 38.1 Å². The molecule has 32 heavy (non-hydrogen) atoms. The molecule has 1 fully saturated rings. The Morgan fingerprint density at radius 1 is 1.09 bits per heavy atom. The van der Waals surface area contributed by atoms with Crippen molar-refractivity contribution in [1.29, 1.82) is 0 Å². The van der Waals surface area contributed by atoms with E-state index in [1.807, 2.05) is 43.4 Å². The lowest BCUT2D eigenvalue weighted by molar-refractivity contribution is -0.129. The maximum Gasteiger partial charge on any atom is 0.253 e. The summed E-state index contributed by atoms with van der Waals surface area (Å²) in [6.07, 6.45) is 3.96. The van der Waals surface area contributed by atoms with Crippen molar-refractivity contribution in [2.24, 2.45) is 11.1 Å².